The van der Waals surface area contributed by atoms with Gasteiger partial charge < -0.3 is 48.7 Å². The number of likely N-dealkylation sites (N-methyl/N-ethyl adjacent to an activating group) is 2. The van der Waals surface area contributed by atoms with Crippen LogP contribution in [0.4, 0.5) is 11.6 Å². The molecule has 0 spiro atoms. The second-order valence-electron chi connectivity index (χ2n) is 21.4. The molecule has 6 aliphatic rings. The van der Waals surface area contributed by atoms with E-state index in [1.165, 1.54) is 36.1 Å². The van der Waals surface area contributed by atoms with Gasteiger partial charge in [0.2, 0.25) is 11.8 Å². The molecule has 0 radical (unpaired) electrons. The average Bonchev–Trinajstić information content (AvgIpc) is 4.22. The topological polar surface area (TPSA) is 160 Å². The van der Waals surface area contributed by atoms with Crippen LogP contribution in [0.2, 0.25) is 0 Å². The lowest BCUT2D eigenvalue weighted by molar-refractivity contribution is -0.127. The van der Waals surface area contributed by atoms with Gasteiger partial charge in [0.25, 0.3) is 0 Å². The minimum Gasteiger partial charge on any atom is -0.508 e. The van der Waals surface area contributed by atoms with Gasteiger partial charge in [-0.2, -0.15) is 19.9 Å². The van der Waals surface area contributed by atoms with Gasteiger partial charge in [-0.05, 0) is 139 Å². The fourth-order valence-electron chi connectivity index (χ4n) is 11.6. The number of rotatable bonds is 15. The molecule has 4 atom stereocenters. The van der Waals surface area contributed by atoms with Crippen LogP contribution < -0.4 is 24.0 Å². The number of amides is 2. The highest BCUT2D eigenvalue weighted by molar-refractivity contribution is 5.87. The second-order valence-corrected chi connectivity index (χ2v) is 21.4. The molecule has 4 fully saturated rings. The van der Waals surface area contributed by atoms with Crippen molar-refractivity contribution in [2.45, 2.75) is 132 Å². The Kier molecular flexibility index (Phi) is 19.6. The molecule has 1 N–H and O–H groups in total. The number of hydrogen-bond donors (Lipinski definition) is 1. The van der Waals surface area contributed by atoms with Crippen LogP contribution in [0.1, 0.15) is 99.2 Å². The molecule has 6 aliphatic heterocycles. The first-order chi connectivity index (χ1) is 36.2. The van der Waals surface area contributed by atoms with Crippen LogP contribution in [0.3, 0.4) is 0 Å². The van der Waals surface area contributed by atoms with Gasteiger partial charge in [-0.25, -0.2) is 0 Å². The maximum absolute atomic E-state index is 12.2. The zero-order chi connectivity index (χ0) is 52.9. The lowest BCUT2D eigenvalue weighted by atomic mass is 10.1. The molecule has 4 saturated heterocycles. The normalized spacial score (nSPS) is 21.6. The maximum Gasteiger partial charge on any atom is 0.318 e. The average molecular weight is 1060 g/mol. The Balaban J connectivity index is 0.000000218. The van der Waals surface area contributed by atoms with Gasteiger partial charge in [-0.1, -0.05) is 40.1 Å². The fraction of sp³-hybridized carbons (Fsp3) is 0.559. The number of aromatic nitrogens is 4. The van der Waals surface area contributed by atoms with E-state index in [4.69, 9.17) is 34.1 Å². The number of carbonyl (C=O) groups is 2. The van der Waals surface area contributed by atoms with Crippen molar-refractivity contribution in [3.05, 3.63) is 106 Å². The molecule has 418 valence electrons. The zero-order valence-corrected chi connectivity index (χ0v) is 45.3. The molecule has 4 aromatic rings. The van der Waals surface area contributed by atoms with Gasteiger partial charge in [0.15, 0.2) is 0 Å². The zero-order valence-electron chi connectivity index (χ0n) is 45.3. The van der Waals surface area contributed by atoms with E-state index in [2.05, 4.69) is 96.5 Å². The molecule has 0 bridgehead atoms. The molecule has 18 heteroatoms. The molecule has 0 aliphatic carbocycles. The third-order valence-corrected chi connectivity index (χ3v) is 16.2. The van der Waals surface area contributed by atoms with Crippen molar-refractivity contribution in [3.63, 3.8) is 0 Å². The summed E-state index contributed by atoms with van der Waals surface area (Å²) in [4.78, 5) is 61.9. The van der Waals surface area contributed by atoms with E-state index < -0.39 is 0 Å². The molecule has 77 heavy (non-hydrogen) atoms. The number of piperazine rings is 2. The number of carbonyl (C=O) groups excluding carboxylic acids is 2. The molecule has 18 nitrogen and oxygen atoms in total. The Bertz CT molecular complexity index is 2720. The minimum atomic E-state index is -0.0308. The summed E-state index contributed by atoms with van der Waals surface area (Å²) < 4.78 is 17.9. The van der Waals surface area contributed by atoms with Crippen LogP contribution in [-0.2, 0) is 48.9 Å². The Morgan fingerprint density at radius 3 is 1.52 bits per heavy atom. The van der Waals surface area contributed by atoms with Gasteiger partial charge in [0, 0.05) is 114 Å². The summed E-state index contributed by atoms with van der Waals surface area (Å²) in [6.45, 7) is 27.6. The van der Waals surface area contributed by atoms with Crippen LogP contribution in [0.15, 0.2) is 61.7 Å². The standard InChI is InChI=1S/C29H40N6O3.C28H38N6O3.2CH4/c1-6-27(36)34-12-13-35(21(3)15-34)28-25-17-33(16-22-14-24(37-5)10-9-20(22)2)18-26(25)30-29(31-28)38-19-23-8-7-11-32(23)4;1-5-26(36)33-11-12-34(20(3)14-33)27-24-16-32(15-21-13-23(35)9-8-19(21)2)17-25(24)29-28(30-27)37-18-22-7-6-10-31(22)4;;/h6,9-10,14,21,23H,1,7-8,11-13,15-19H2,2-5H3;5,8-9,13,20,22,35H,1,6-7,10-12,14-18H2,2-4H3;2*1H4/t21-,23-;20-,22-;;/m00../s1. The number of nitrogens with zero attached hydrogens (tertiary/aromatic N) is 12. The van der Waals surface area contributed by atoms with Crippen LogP contribution >= 0.6 is 0 Å². The third kappa shape index (κ3) is 13.5. The molecular weight excluding hydrogens is 973 g/mol. The van der Waals surface area contributed by atoms with E-state index in [1.54, 1.807) is 13.2 Å². The summed E-state index contributed by atoms with van der Waals surface area (Å²) in [5, 5.41) is 10.0. The van der Waals surface area contributed by atoms with E-state index in [-0.39, 0.29) is 44.5 Å². The quantitative estimate of drug-likeness (QED) is 0.121. The molecule has 2 amide bonds. The number of aromatic hydroxyl groups is 1. The molecule has 8 heterocycles. The Labute approximate surface area is 458 Å². The Hall–Kier alpha value is -6.34. The number of aryl methyl sites for hydroxylation is 2. The molecule has 2 aromatic carbocycles. The maximum atomic E-state index is 12.2. The molecule has 10 rings (SSSR count). The van der Waals surface area contributed by atoms with E-state index in [1.807, 2.05) is 28.0 Å². The molecule has 0 saturated carbocycles. The second kappa shape index (κ2) is 25.9. The van der Waals surface area contributed by atoms with Crippen molar-refractivity contribution in [2.75, 3.05) is 96.6 Å². The van der Waals surface area contributed by atoms with Crippen LogP contribution in [0.25, 0.3) is 0 Å². The first-order valence-corrected chi connectivity index (χ1v) is 26.9. The van der Waals surface area contributed by atoms with E-state index >= 15 is 0 Å². The summed E-state index contributed by atoms with van der Waals surface area (Å²) in [6, 6.07) is 13.7. The summed E-state index contributed by atoms with van der Waals surface area (Å²) in [5.41, 5.74) is 9.06. The van der Waals surface area contributed by atoms with E-state index in [9.17, 15) is 14.7 Å². The monoisotopic (exact) mass is 1060 g/mol. The Morgan fingerprint density at radius 2 is 1.10 bits per heavy atom. The highest BCUT2D eigenvalue weighted by Gasteiger charge is 2.36. The summed E-state index contributed by atoms with van der Waals surface area (Å²) >= 11 is 0. The number of phenols is 1. The number of ether oxygens (including phenoxy) is 3. The van der Waals surface area contributed by atoms with Crippen molar-refractivity contribution in [1.29, 1.82) is 0 Å². The Morgan fingerprint density at radius 1 is 0.649 bits per heavy atom. The lowest BCUT2D eigenvalue weighted by Crippen LogP contribution is -2.54. The van der Waals surface area contributed by atoms with Gasteiger partial charge in [0.1, 0.15) is 36.3 Å². The van der Waals surface area contributed by atoms with Crippen LogP contribution in [0.5, 0.6) is 23.5 Å². The number of likely N-dealkylation sites (tertiary alicyclic amines) is 2. The summed E-state index contributed by atoms with van der Waals surface area (Å²) in [5.74, 6) is 2.95. The summed E-state index contributed by atoms with van der Waals surface area (Å²) in [6.07, 6.45) is 7.44. The lowest BCUT2D eigenvalue weighted by Gasteiger charge is -2.40. The van der Waals surface area contributed by atoms with Gasteiger partial charge in [0.05, 0.1) is 18.5 Å². The molecule has 0 unspecified atom stereocenters. The van der Waals surface area contributed by atoms with E-state index in [0.29, 0.717) is 83.1 Å². The van der Waals surface area contributed by atoms with Crippen molar-refractivity contribution in [2.24, 2.45) is 0 Å². The summed E-state index contributed by atoms with van der Waals surface area (Å²) in [7, 11) is 6.00. The molecule has 2 aromatic heterocycles. The first kappa shape index (κ1) is 58.3. The number of fused-ring (bicyclic) bond motifs is 2. The van der Waals surface area contributed by atoms with E-state index in [0.717, 1.165) is 110 Å². The van der Waals surface area contributed by atoms with Gasteiger partial charge in [-0.15, -0.1) is 0 Å². The highest BCUT2D eigenvalue weighted by atomic mass is 16.5. The highest BCUT2D eigenvalue weighted by Crippen LogP contribution is 2.37. The smallest absolute Gasteiger partial charge is 0.318 e. The molecular formula is C59H86N12O6. The number of hydrogen-bond acceptors (Lipinski definition) is 16. The fourth-order valence-corrected chi connectivity index (χ4v) is 11.6. The SMILES string of the molecule is C.C.C=CC(=O)N1CCN(c2nc(OC[C@@H]3CCCN3C)nc3c2CN(Cc2cc(O)ccc2C)C3)[C@@H](C)C1.C=CC(=O)N1CCN(c2nc(OC[C@@H]3CCCN3C)nc3c2CN(Cc2cc(OC)ccc2C)C3)[C@@H](C)C1. The number of benzene rings is 2. The predicted octanol–water partition coefficient (Wildman–Crippen LogP) is 6.98. The van der Waals surface area contributed by atoms with Crippen LogP contribution in [0, 0.1) is 13.8 Å². The van der Waals surface area contributed by atoms with Crippen molar-refractivity contribution >= 4 is 23.5 Å². The first-order valence-electron chi connectivity index (χ1n) is 26.9. The van der Waals surface area contributed by atoms with Crippen LogP contribution in [-0.4, -0.2) is 177 Å². The van der Waals surface area contributed by atoms with Gasteiger partial charge >= 0.3 is 12.0 Å². The van der Waals surface area contributed by atoms with Crippen molar-refractivity contribution in [1.82, 2.24) is 49.3 Å². The minimum absolute atomic E-state index is 0. The number of phenolic OH excluding ortho intramolecular Hbond substituents is 1. The van der Waals surface area contributed by atoms with Gasteiger partial charge in [-0.3, -0.25) is 19.4 Å². The third-order valence-electron chi connectivity index (χ3n) is 16.2. The van der Waals surface area contributed by atoms with Crippen molar-refractivity contribution < 1.29 is 28.9 Å². The predicted molar refractivity (Wildman–Crippen MR) is 303 cm³/mol. The number of anilines is 2. The largest absolute Gasteiger partial charge is 0.508 e. The number of methoxy groups -OCH3 is 1. The van der Waals surface area contributed by atoms with Crippen molar-refractivity contribution in [3.8, 4) is 23.5 Å².